The van der Waals surface area contributed by atoms with Gasteiger partial charge in [-0.1, -0.05) is 30.3 Å². The van der Waals surface area contributed by atoms with E-state index >= 15 is 0 Å². The number of benzene rings is 1. The highest BCUT2D eigenvalue weighted by Gasteiger charge is 2.11. The Labute approximate surface area is 121 Å². The molecule has 7 heteroatoms. The van der Waals surface area contributed by atoms with E-state index in [1.165, 1.54) is 22.1 Å². The molecule has 0 aliphatic heterocycles. The van der Waals surface area contributed by atoms with Gasteiger partial charge in [-0.15, -0.1) is 0 Å². The van der Waals surface area contributed by atoms with Gasteiger partial charge in [-0.2, -0.15) is 16.8 Å². The molecule has 0 amide bonds. The number of thioether (sulfide) groups is 1. The van der Waals surface area contributed by atoms with Crippen molar-refractivity contribution in [2.75, 3.05) is 24.9 Å². The smallest absolute Gasteiger partial charge is 0.324 e. The molecule has 0 saturated heterocycles. The molecule has 1 aromatic heterocycles. The molecule has 20 heavy (non-hydrogen) atoms. The van der Waals surface area contributed by atoms with Crippen molar-refractivity contribution in [3.05, 3.63) is 42.1 Å². The lowest BCUT2D eigenvalue weighted by Crippen LogP contribution is -2.53. The van der Waals surface area contributed by atoms with Crippen molar-refractivity contribution in [2.24, 2.45) is 4.99 Å². The highest BCUT2D eigenvalue weighted by atomic mass is 32.2. The van der Waals surface area contributed by atoms with E-state index in [1.807, 2.05) is 44.4 Å². The van der Waals surface area contributed by atoms with Gasteiger partial charge >= 0.3 is 5.88 Å². The van der Waals surface area contributed by atoms with Crippen LogP contribution < -0.4 is 14.9 Å². The quantitative estimate of drug-likeness (QED) is 0.440. The van der Waals surface area contributed by atoms with Crippen molar-refractivity contribution in [3.63, 3.8) is 0 Å². The molecule has 1 heterocycles. The first-order valence-electron chi connectivity index (χ1n) is 6.07. The van der Waals surface area contributed by atoms with Gasteiger partial charge in [0.05, 0.1) is 18.9 Å². The predicted molar refractivity (Wildman–Crippen MR) is 76.5 cm³/mol. The normalized spacial score (nSPS) is 11.6. The van der Waals surface area contributed by atoms with E-state index < -0.39 is 0 Å². The summed E-state index contributed by atoms with van der Waals surface area (Å²) >= 11 is 1.52. The van der Waals surface area contributed by atoms with Gasteiger partial charge in [-0.25, -0.2) is 4.99 Å². The molecule has 0 atom stereocenters. The first-order chi connectivity index (χ1) is 9.65. The number of rotatable bonds is 6. The number of aliphatic imine (C=N–C) groups is 1. The van der Waals surface area contributed by atoms with E-state index in [1.54, 1.807) is 11.2 Å². The maximum Gasteiger partial charge on any atom is 0.324 e. The molecule has 0 aliphatic rings. The minimum atomic E-state index is -0.229. The number of hydrogen-bond donors (Lipinski definition) is 0. The molecular weight excluding hydrogens is 276 g/mol. The average Bonchev–Trinajstić information content (AvgIpc) is 2.88. The Morgan fingerprint density at radius 2 is 2.15 bits per heavy atom. The minimum absolute atomic E-state index is 0.212. The Kier molecular flexibility index (Phi) is 5.00. The van der Waals surface area contributed by atoms with E-state index in [2.05, 4.69) is 10.3 Å². The zero-order valence-corrected chi connectivity index (χ0v) is 12.2. The highest BCUT2D eigenvalue weighted by Crippen LogP contribution is 2.12. The summed E-state index contributed by atoms with van der Waals surface area (Å²) in [5.41, 5.74) is 1.19. The Hall–Kier alpha value is -2.02. The maximum absolute atomic E-state index is 11.7. The van der Waals surface area contributed by atoms with Crippen LogP contribution in [0.15, 0.2) is 46.0 Å². The van der Waals surface area contributed by atoms with Crippen LogP contribution in [0.4, 0.5) is 5.88 Å². The number of hydrogen-bond acceptors (Lipinski definition) is 6. The molecular formula is C13H16N4O2S. The summed E-state index contributed by atoms with van der Waals surface area (Å²) in [5, 5.41) is 17.1. The maximum atomic E-state index is 11.7. The lowest BCUT2D eigenvalue weighted by Gasteiger charge is -2.08. The molecule has 0 radical (unpaired) electrons. The van der Waals surface area contributed by atoms with Crippen molar-refractivity contribution in [1.82, 2.24) is 5.27 Å². The van der Waals surface area contributed by atoms with E-state index in [0.29, 0.717) is 5.75 Å². The molecule has 1 aromatic carbocycles. The second-order valence-electron chi connectivity index (χ2n) is 4.29. The van der Waals surface area contributed by atoms with Crippen LogP contribution in [0.25, 0.3) is 0 Å². The molecule has 0 aliphatic carbocycles. The van der Waals surface area contributed by atoms with Crippen LogP contribution in [-0.2, 0) is 5.75 Å². The van der Waals surface area contributed by atoms with Crippen LogP contribution in [0.3, 0.4) is 0 Å². The largest absolute Gasteiger partial charge is 0.861 e. The predicted octanol–water partition coefficient (Wildman–Crippen LogP) is 0.483. The number of aromatic nitrogens is 2. The Morgan fingerprint density at radius 1 is 1.40 bits per heavy atom. The second kappa shape index (κ2) is 6.95. The van der Waals surface area contributed by atoms with Crippen LogP contribution in [0.5, 0.6) is 0 Å². The Bertz CT molecular complexity index is 569. The number of nitrogens with zero attached hydrogens (tertiary/aromatic N) is 4. The minimum Gasteiger partial charge on any atom is -0.861 e. The fourth-order valence-electron chi connectivity index (χ4n) is 1.45. The van der Waals surface area contributed by atoms with Crippen LogP contribution in [0.1, 0.15) is 5.56 Å². The van der Waals surface area contributed by atoms with Crippen molar-refractivity contribution >= 4 is 23.5 Å². The first kappa shape index (κ1) is 14.4. The van der Waals surface area contributed by atoms with Crippen molar-refractivity contribution in [1.29, 1.82) is 0 Å². The molecule has 2 aromatic rings. The van der Waals surface area contributed by atoms with Gasteiger partial charge < -0.3 is 5.11 Å². The van der Waals surface area contributed by atoms with Gasteiger partial charge in [0.25, 0.3) is 6.20 Å². The molecule has 0 fully saturated rings. The van der Waals surface area contributed by atoms with Gasteiger partial charge in [-0.3, -0.25) is 4.52 Å². The molecule has 0 spiro atoms. The monoisotopic (exact) mass is 292 g/mol. The standard InChI is InChI=1S/C13H16N4O2S/c1-16(2)17-8-13(19-15-17)14-12(18)10-20-9-11-6-4-3-5-7-11/h3-8H,9-10H2,1-2H3. The fraction of sp³-hybridized carbons (Fsp3) is 0.308. The lowest BCUT2D eigenvalue weighted by molar-refractivity contribution is -0.753. The van der Waals surface area contributed by atoms with E-state index in [4.69, 9.17) is 4.52 Å². The Morgan fingerprint density at radius 3 is 2.80 bits per heavy atom. The third-order valence-electron chi connectivity index (χ3n) is 2.43. The molecule has 6 nitrogen and oxygen atoms in total. The summed E-state index contributed by atoms with van der Waals surface area (Å²) in [6, 6.07) is 10.0. The second-order valence-corrected chi connectivity index (χ2v) is 5.28. The van der Waals surface area contributed by atoms with Gasteiger partial charge in [0.2, 0.25) is 5.27 Å². The van der Waals surface area contributed by atoms with Crippen molar-refractivity contribution < 1.29 is 14.4 Å². The van der Waals surface area contributed by atoms with Crippen LogP contribution in [0, 0.1) is 0 Å². The molecule has 0 N–H and O–H groups in total. The van der Waals surface area contributed by atoms with Crippen molar-refractivity contribution in [2.45, 2.75) is 5.75 Å². The van der Waals surface area contributed by atoms with E-state index in [-0.39, 0.29) is 11.8 Å². The zero-order valence-electron chi connectivity index (χ0n) is 11.4. The van der Waals surface area contributed by atoms with Crippen LogP contribution >= 0.6 is 11.8 Å². The first-order valence-corrected chi connectivity index (χ1v) is 7.23. The molecule has 2 rings (SSSR count). The third kappa shape index (κ3) is 4.27. The van der Waals surface area contributed by atoms with Gasteiger partial charge in [0, 0.05) is 11.5 Å². The highest BCUT2D eigenvalue weighted by molar-refractivity contribution is 7.99. The summed E-state index contributed by atoms with van der Waals surface area (Å²) in [6.07, 6.45) is 1.56. The average molecular weight is 292 g/mol. The molecule has 0 saturated carbocycles. The summed E-state index contributed by atoms with van der Waals surface area (Å²) in [7, 11) is 3.62. The lowest BCUT2D eigenvalue weighted by atomic mass is 10.2. The topological polar surface area (TPSA) is 68.6 Å². The summed E-state index contributed by atoms with van der Waals surface area (Å²) in [5.74, 6) is 1.09. The van der Waals surface area contributed by atoms with Crippen molar-refractivity contribution in [3.8, 4) is 0 Å². The van der Waals surface area contributed by atoms with Crippen LogP contribution in [0.2, 0.25) is 0 Å². The SMILES string of the molecule is CN(C)[n+]1cc(/N=C(/[O-])CSCc2ccccc2)on1. The zero-order chi connectivity index (χ0) is 14.4. The Balaban J connectivity index is 1.84. The third-order valence-corrected chi connectivity index (χ3v) is 3.41. The fourth-order valence-corrected chi connectivity index (χ4v) is 2.22. The molecule has 106 valence electrons. The summed E-state index contributed by atoms with van der Waals surface area (Å²) in [6.45, 7) is 0. The molecule has 0 unspecified atom stereocenters. The van der Waals surface area contributed by atoms with Gasteiger partial charge in [0.1, 0.15) is 0 Å². The van der Waals surface area contributed by atoms with E-state index in [9.17, 15) is 5.11 Å². The van der Waals surface area contributed by atoms with E-state index in [0.717, 1.165) is 5.75 Å². The molecule has 0 bridgehead atoms. The van der Waals surface area contributed by atoms with Crippen LogP contribution in [-0.4, -0.2) is 31.0 Å². The van der Waals surface area contributed by atoms with Gasteiger partial charge in [0.15, 0.2) is 0 Å². The summed E-state index contributed by atoms with van der Waals surface area (Å²) < 4.78 is 4.94. The van der Waals surface area contributed by atoms with Gasteiger partial charge in [-0.05, 0) is 11.5 Å². The summed E-state index contributed by atoms with van der Waals surface area (Å²) in [4.78, 5) is 5.32.